The molecule has 3 aliphatic heterocycles. The monoisotopic (exact) mass is 779 g/mol. The van der Waals surface area contributed by atoms with Crippen LogP contribution in [0.25, 0.3) is 22.2 Å². The number of nitrogens with zero attached hydrogens (tertiary/aromatic N) is 7. The number of aliphatic hydroxyl groups is 1. The number of amides is 1. The van der Waals surface area contributed by atoms with Crippen molar-refractivity contribution in [2.75, 3.05) is 43.9 Å². The number of fused-ring (bicyclic) bond motifs is 2. The minimum absolute atomic E-state index is 0.0729. The first-order chi connectivity index (χ1) is 27.6. The molecule has 0 saturated carbocycles. The number of methoxy groups -OCH3 is 1. The number of carbonyl (C=O) groups is 2. The number of pyridine rings is 1. The zero-order chi connectivity index (χ0) is 39.8. The Hall–Kier alpha value is -5.38. The molecule has 57 heavy (non-hydrogen) atoms. The van der Waals surface area contributed by atoms with Gasteiger partial charge in [0.05, 0.1) is 36.4 Å². The number of halogens is 2. The highest BCUT2D eigenvalue weighted by atomic mass is 19.3. The average Bonchev–Trinajstić information content (AvgIpc) is 3.85. The Morgan fingerprint density at radius 1 is 0.947 bits per heavy atom. The Labute approximate surface area is 329 Å². The van der Waals surface area contributed by atoms with Crippen LogP contribution < -0.4 is 10.6 Å². The van der Waals surface area contributed by atoms with E-state index in [4.69, 9.17) is 9.84 Å². The average molecular weight is 780 g/mol. The number of aryl methyl sites for hydroxylation is 1. The first-order valence-corrected chi connectivity index (χ1v) is 19.6. The van der Waals surface area contributed by atoms with E-state index in [9.17, 15) is 23.5 Å². The third kappa shape index (κ3) is 7.96. The van der Waals surface area contributed by atoms with Gasteiger partial charge in [-0.15, -0.1) is 0 Å². The van der Waals surface area contributed by atoms with E-state index in [1.165, 1.54) is 7.11 Å². The molecule has 0 bridgehead atoms. The van der Waals surface area contributed by atoms with Crippen molar-refractivity contribution >= 4 is 40.1 Å². The molecular formula is C42H47F2N9O4. The van der Waals surface area contributed by atoms with Crippen LogP contribution in [-0.2, 0) is 22.6 Å². The van der Waals surface area contributed by atoms with E-state index in [0.717, 1.165) is 85.4 Å². The number of hydrogen-bond donors (Lipinski definition) is 3. The third-order valence-corrected chi connectivity index (χ3v) is 11.7. The fourth-order valence-corrected chi connectivity index (χ4v) is 8.56. The summed E-state index contributed by atoms with van der Waals surface area (Å²) >= 11 is 0. The molecule has 2 aromatic carbocycles. The van der Waals surface area contributed by atoms with E-state index in [1.807, 2.05) is 61.0 Å². The van der Waals surface area contributed by atoms with Gasteiger partial charge in [0.15, 0.2) is 17.3 Å². The molecule has 0 spiro atoms. The van der Waals surface area contributed by atoms with Gasteiger partial charge in [0, 0.05) is 43.8 Å². The fourth-order valence-electron chi connectivity index (χ4n) is 8.56. The molecule has 5 aromatic rings. The van der Waals surface area contributed by atoms with E-state index < -0.39 is 12.2 Å². The highest BCUT2D eigenvalue weighted by Gasteiger charge is 2.34. The lowest BCUT2D eigenvalue weighted by atomic mass is 9.93. The van der Waals surface area contributed by atoms with Crippen LogP contribution in [0.3, 0.4) is 0 Å². The molecule has 1 amide bonds. The number of rotatable bonds is 10. The first kappa shape index (κ1) is 38.5. The van der Waals surface area contributed by atoms with E-state index >= 15 is 0 Å². The topological polar surface area (TPSA) is 151 Å². The second-order valence-electron chi connectivity index (χ2n) is 15.3. The van der Waals surface area contributed by atoms with Crippen molar-refractivity contribution in [1.29, 1.82) is 0 Å². The number of likely N-dealkylation sites (tertiary alicyclic amines) is 2. The molecule has 2 fully saturated rings. The first-order valence-electron chi connectivity index (χ1n) is 19.6. The molecule has 2 atom stereocenters. The minimum Gasteiger partial charge on any atom is -0.469 e. The van der Waals surface area contributed by atoms with Gasteiger partial charge in [0.25, 0.3) is 12.3 Å². The van der Waals surface area contributed by atoms with Gasteiger partial charge in [-0.25, -0.2) is 18.7 Å². The number of ether oxygens (including phenoxy) is 1. The van der Waals surface area contributed by atoms with Gasteiger partial charge in [0.2, 0.25) is 0 Å². The maximum absolute atomic E-state index is 14.1. The van der Waals surface area contributed by atoms with Crippen LogP contribution in [0.5, 0.6) is 0 Å². The summed E-state index contributed by atoms with van der Waals surface area (Å²) in [6.45, 7) is 8.04. The maximum atomic E-state index is 14.1. The highest BCUT2D eigenvalue weighted by Crippen LogP contribution is 2.37. The second-order valence-corrected chi connectivity index (χ2v) is 15.3. The van der Waals surface area contributed by atoms with Gasteiger partial charge < -0.3 is 20.5 Å². The predicted octanol–water partition coefficient (Wildman–Crippen LogP) is 6.73. The van der Waals surface area contributed by atoms with Crippen molar-refractivity contribution in [1.82, 2.24) is 34.5 Å². The van der Waals surface area contributed by atoms with Gasteiger partial charge in [-0.1, -0.05) is 24.3 Å². The van der Waals surface area contributed by atoms with Crippen LogP contribution in [0.4, 0.5) is 26.0 Å². The van der Waals surface area contributed by atoms with Crippen LogP contribution in [0.2, 0.25) is 0 Å². The normalized spacial score (nSPS) is 19.2. The Balaban J connectivity index is 1.01. The number of nitrogens with one attached hydrogen (secondary N) is 2. The molecule has 2 saturated heterocycles. The number of esters is 1. The van der Waals surface area contributed by atoms with Crippen molar-refractivity contribution in [3.63, 3.8) is 0 Å². The molecule has 3 N–H and O–H groups in total. The molecule has 0 unspecified atom stereocenters. The molecule has 15 heteroatoms. The lowest BCUT2D eigenvalue weighted by Gasteiger charge is -2.38. The van der Waals surface area contributed by atoms with Crippen molar-refractivity contribution in [2.24, 2.45) is 5.92 Å². The third-order valence-electron chi connectivity index (χ3n) is 11.7. The lowest BCUT2D eigenvalue weighted by Crippen LogP contribution is -2.40. The molecule has 0 radical (unpaired) electrons. The zero-order valence-electron chi connectivity index (χ0n) is 32.3. The van der Waals surface area contributed by atoms with Crippen molar-refractivity contribution in [3.05, 3.63) is 88.6 Å². The zero-order valence-corrected chi connectivity index (χ0v) is 32.3. The highest BCUT2D eigenvalue weighted by molar-refractivity contribution is 6.04. The van der Waals surface area contributed by atoms with Crippen LogP contribution in [-0.4, -0.2) is 90.9 Å². The van der Waals surface area contributed by atoms with E-state index in [-0.39, 0.29) is 35.8 Å². The second kappa shape index (κ2) is 16.2. The standard InChI is InChI=1S/C42H47F2N9O4/c1-24-29(7-4-9-31(24)46-39-37-33(47-40(49-39)38(43)44)19-26(21-45-37)22-51-16-14-28(54)23-51)30-8-5-10-32(25(30)2)48-41(55)34-20-36-35(11-6-15-53(36)50-34)52-17-12-27(13-18-52)42(56)57-3/h4-5,7-10,19-21,27-28,35,38,54H,6,11-18,22-23H2,1-3H3,(H,48,55)(H,46,47,49)/t28-,35-/m1/s1. The van der Waals surface area contributed by atoms with Gasteiger partial charge >= 0.3 is 5.97 Å². The number of alkyl halides is 2. The SMILES string of the molecule is COC(=O)C1CCN([C@@H]2CCCn3nc(C(=O)Nc4cccc(-c5cccc(Nc6nc(C(F)F)nc7cc(CN8CC[C@@H](O)C8)cnc67)c5C)c4C)cc32)CC1. The van der Waals surface area contributed by atoms with Gasteiger partial charge in [-0.05, 0) is 111 Å². The number of benzene rings is 2. The van der Waals surface area contributed by atoms with Gasteiger partial charge in [-0.3, -0.25) is 29.1 Å². The summed E-state index contributed by atoms with van der Waals surface area (Å²) in [6.07, 6.45) is 2.56. The van der Waals surface area contributed by atoms with Gasteiger partial charge in [0.1, 0.15) is 5.52 Å². The Kier molecular flexibility index (Phi) is 11.0. The molecule has 3 aliphatic rings. The minimum atomic E-state index is -2.88. The number of aromatic nitrogens is 5. The number of β-amino-alcohol motifs (C(OH)–C–C–N with tert-alkyl or cyclic N) is 1. The molecule has 3 aromatic heterocycles. The summed E-state index contributed by atoms with van der Waals surface area (Å²) in [5.74, 6) is -0.941. The molecule has 0 aliphatic carbocycles. The Morgan fingerprint density at radius 3 is 2.39 bits per heavy atom. The maximum Gasteiger partial charge on any atom is 0.308 e. The quantitative estimate of drug-likeness (QED) is 0.130. The largest absolute Gasteiger partial charge is 0.469 e. The molecule has 13 nitrogen and oxygen atoms in total. The molecule has 298 valence electrons. The summed E-state index contributed by atoms with van der Waals surface area (Å²) < 4.78 is 35.1. The number of anilines is 3. The van der Waals surface area contributed by atoms with Crippen LogP contribution in [0, 0.1) is 19.8 Å². The number of carbonyl (C=O) groups excluding carboxylic acids is 2. The predicted molar refractivity (Wildman–Crippen MR) is 211 cm³/mol. The molecular weight excluding hydrogens is 733 g/mol. The number of aliphatic hydroxyl groups excluding tert-OH is 1. The fraction of sp³-hybridized carbons (Fsp3) is 0.429. The van der Waals surface area contributed by atoms with E-state index in [1.54, 1.807) is 12.3 Å². The van der Waals surface area contributed by atoms with E-state index in [2.05, 4.69) is 35.4 Å². The summed E-state index contributed by atoms with van der Waals surface area (Å²) in [7, 11) is 1.44. The number of piperidine rings is 1. The number of hydrogen-bond acceptors (Lipinski definition) is 11. The van der Waals surface area contributed by atoms with E-state index in [0.29, 0.717) is 47.6 Å². The van der Waals surface area contributed by atoms with Crippen LogP contribution in [0.15, 0.2) is 54.7 Å². The van der Waals surface area contributed by atoms with Crippen LogP contribution >= 0.6 is 0 Å². The summed E-state index contributed by atoms with van der Waals surface area (Å²) in [6, 6.07) is 15.2. The van der Waals surface area contributed by atoms with Crippen molar-refractivity contribution in [2.45, 2.75) is 77.6 Å². The Bertz CT molecular complexity index is 2310. The lowest BCUT2D eigenvalue weighted by molar-refractivity contribution is -0.147. The molecule has 6 heterocycles. The summed E-state index contributed by atoms with van der Waals surface area (Å²) in [4.78, 5) is 43.3. The van der Waals surface area contributed by atoms with Crippen LogP contribution in [0.1, 0.15) is 83.3 Å². The smallest absolute Gasteiger partial charge is 0.308 e. The molecule has 8 rings (SSSR count). The Morgan fingerprint density at radius 2 is 1.68 bits per heavy atom. The van der Waals surface area contributed by atoms with Crippen molar-refractivity contribution in [3.8, 4) is 11.1 Å². The summed E-state index contributed by atoms with van der Waals surface area (Å²) in [5.41, 5.74) is 7.65. The van der Waals surface area contributed by atoms with Crippen molar-refractivity contribution < 1.29 is 28.2 Å². The summed E-state index contributed by atoms with van der Waals surface area (Å²) in [5, 5.41) is 21.0. The van der Waals surface area contributed by atoms with Gasteiger partial charge in [-0.2, -0.15) is 5.10 Å².